The first-order valence-electron chi connectivity index (χ1n) is 9.48. The quantitative estimate of drug-likeness (QED) is 0.738. The van der Waals surface area contributed by atoms with Crippen LogP contribution in [0, 0.1) is 5.82 Å². The lowest BCUT2D eigenvalue weighted by molar-refractivity contribution is 0.208. The summed E-state index contributed by atoms with van der Waals surface area (Å²) in [5, 5.41) is 2.89. The van der Waals surface area contributed by atoms with Crippen molar-refractivity contribution in [3.05, 3.63) is 71.1 Å². The van der Waals surface area contributed by atoms with E-state index in [1.807, 2.05) is 24.3 Å². The predicted molar refractivity (Wildman–Crippen MR) is 109 cm³/mol. The van der Waals surface area contributed by atoms with Crippen LogP contribution in [0.3, 0.4) is 0 Å². The number of amides is 2. The van der Waals surface area contributed by atoms with E-state index >= 15 is 0 Å². The Labute approximate surface area is 174 Å². The lowest BCUT2D eigenvalue weighted by Gasteiger charge is -2.23. The fourth-order valence-corrected chi connectivity index (χ4v) is 5.13. The van der Waals surface area contributed by atoms with Gasteiger partial charge in [0.15, 0.2) is 0 Å². The van der Waals surface area contributed by atoms with Gasteiger partial charge in [0.1, 0.15) is 11.6 Å². The maximum atomic E-state index is 13.4. The molecule has 0 saturated carbocycles. The fourth-order valence-electron chi connectivity index (χ4n) is 3.67. The second kappa shape index (κ2) is 8.08. The van der Waals surface area contributed by atoms with Gasteiger partial charge in [0.2, 0.25) is 10.0 Å². The van der Waals surface area contributed by atoms with E-state index in [2.05, 4.69) is 5.32 Å². The smallest absolute Gasteiger partial charge is 0.318 e. The Bertz CT molecular complexity index is 1080. The molecule has 2 heterocycles. The molecule has 0 saturated heterocycles. The SMILES string of the molecule is COc1ccc(CNC(=O)N2CC3=C(C2)CN(S(=O)(=O)c2cccc(F)c2)C3)cc1. The maximum Gasteiger partial charge on any atom is 0.318 e. The van der Waals surface area contributed by atoms with Gasteiger partial charge in [-0.3, -0.25) is 0 Å². The molecule has 4 rings (SSSR count). The molecule has 0 atom stereocenters. The van der Waals surface area contributed by atoms with Crippen molar-refractivity contribution < 1.29 is 22.3 Å². The first-order chi connectivity index (χ1) is 14.4. The Hall–Kier alpha value is -2.91. The van der Waals surface area contributed by atoms with Crippen LogP contribution in [0.5, 0.6) is 5.75 Å². The molecule has 0 aromatic heterocycles. The Morgan fingerprint density at radius 1 is 1.07 bits per heavy atom. The molecule has 0 fully saturated rings. The average molecular weight is 431 g/mol. The fraction of sp³-hybridized carbons (Fsp3) is 0.286. The van der Waals surface area contributed by atoms with Gasteiger partial charge in [0, 0.05) is 32.7 Å². The van der Waals surface area contributed by atoms with Crippen LogP contribution in [0.25, 0.3) is 0 Å². The third kappa shape index (κ3) is 4.03. The van der Waals surface area contributed by atoms with Gasteiger partial charge < -0.3 is 15.0 Å². The number of nitrogens with one attached hydrogen (secondary N) is 1. The summed E-state index contributed by atoms with van der Waals surface area (Å²) in [5.74, 6) is 0.165. The third-order valence-electron chi connectivity index (χ3n) is 5.32. The van der Waals surface area contributed by atoms with Gasteiger partial charge in [-0.05, 0) is 47.0 Å². The van der Waals surface area contributed by atoms with Crippen LogP contribution in [0.4, 0.5) is 9.18 Å². The monoisotopic (exact) mass is 431 g/mol. The minimum atomic E-state index is -3.77. The average Bonchev–Trinajstić information content (AvgIpc) is 3.32. The molecule has 7 nitrogen and oxygen atoms in total. The standard InChI is InChI=1S/C21H22FN3O4S/c1-29-19-7-5-15(6-8-19)10-23-21(26)24-11-16-13-25(14-17(16)12-24)30(27,28)20-4-2-3-18(22)9-20/h2-9H,10-14H2,1H3,(H,23,26). The van der Waals surface area contributed by atoms with E-state index in [4.69, 9.17) is 4.74 Å². The summed E-state index contributed by atoms with van der Waals surface area (Å²) in [6.07, 6.45) is 0. The number of hydrogen-bond donors (Lipinski definition) is 1. The number of rotatable bonds is 5. The first-order valence-corrected chi connectivity index (χ1v) is 10.9. The van der Waals surface area contributed by atoms with Crippen molar-refractivity contribution >= 4 is 16.1 Å². The van der Waals surface area contributed by atoms with Crippen LogP contribution in [0.1, 0.15) is 5.56 Å². The van der Waals surface area contributed by atoms with E-state index in [9.17, 15) is 17.6 Å². The predicted octanol–water partition coefficient (Wildman–Crippen LogP) is 2.36. The summed E-state index contributed by atoms with van der Waals surface area (Å²) < 4.78 is 45.4. The number of hydrogen-bond acceptors (Lipinski definition) is 4. The van der Waals surface area contributed by atoms with Crippen LogP contribution in [-0.2, 0) is 16.6 Å². The number of methoxy groups -OCH3 is 1. The number of halogens is 1. The van der Waals surface area contributed by atoms with Gasteiger partial charge in [-0.25, -0.2) is 17.6 Å². The Balaban J connectivity index is 1.32. The van der Waals surface area contributed by atoms with Crippen LogP contribution >= 0.6 is 0 Å². The zero-order valence-corrected chi connectivity index (χ0v) is 17.3. The molecular formula is C21H22FN3O4S. The van der Waals surface area contributed by atoms with Crippen molar-refractivity contribution in [2.24, 2.45) is 0 Å². The summed E-state index contributed by atoms with van der Waals surface area (Å²) in [5.41, 5.74) is 2.81. The zero-order chi connectivity index (χ0) is 21.3. The first kappa shape index (κ1) is 20.4. The Morgan fingerprint density at radius 3 is 2.33 bits per heavy atom. The highest BCUT2D eigenvalue weighted by Gasteiger charge is 2.37. The normalized spacial score (nSPS) is 16.7. The van der Waals surface area contributed by atoms with Crippen molar-refractivity contribution in [3.8, 4) is 5.75 Å². The minimum Gasteiger partial charge on any atom is -0.497 e. The third-order valence-corrected chi connectivity index (χ3v) is 7.11. The van der Waals surface area contributed by atoms with Crippen LogP contribution in [-0.4, -0.2) is 56.9 Å². The molecule has 1 N–H and O–H groups in total. The van der Waals surface area contributed by atoms with Crippen LogP contribution in [0.2, 0.25) is 0 Å². The second-order valence-corrected chi connectivity index (χ2v) is 9.24. The summed E-state index contributed by atoms with van der Waals surface area (Å²) in [7, 11) is -2.17. The van der Waals surface area contributed by atoms with Crippen molar-refractivity contribution in [2.75, 3.05) is 33.3 Å². The zero-order valence-electron chi connectivity index (χ0n) is 16.5. The lowest BCUT2D eigenvalue weighted by Crippen LogP contribution is -2.41. The molecule has 30 heavy (non-hydrogen) atoms. The minimum absolute atomic E-state index is 0.0576. The number of urea groups is 1. The van der Waals surface area contributed by atoms with E-state index in [0.29, 0.717) is 19.6 Å². The van der Waals surface area contributed by atoms with Crippen molar-refractivity contribution in [3.63, 3.8) is 0 Å². The number of sulfonamides is 1. The molecule has 2 aliphatic heterocycles. The largest absolute Gasteiger partial charge is 0.497 e. The molecule has 0 aliphatic carbocycles. The number of nitrogens with zero attached hydrogens (tertiary/aromatic N) is 2. The number of ether oxygens (including phenoxy) is 1. The number of carbonyl (C=O) groups excluding carboxylic acids is 1. The highest BCUT2D eigenvalue weighted by molar-refractivity contribution is 7.89. The maximum absolute atomic E-state index is 13.4. The van der Waals surface area contributed by atoms with Crippen molar-refractivity contribution in [2.45, 2.75) is 11.4 Å². The molecule has 2 aromatic rings. The van der Waals surface area contributed by atoms with E-state index < -0.39 is 15.8 Å². The topological polar surface area (TPSA) is 79.0 Å². The van der Waals surface area contributed by atoms with Gasteiger partial charge in [-0.2, -0.15) is 4.31 Å². The van der Waals surface area contributed by atoms with E-state index in [1.54, 1.807) is 12.0 Å². The highest BCUT2D eigenvalue weighted by Crippen LogP contribution is 2.30. The Morgan fingerprint density at radius 2 is 1.73 bits per heavy atom. The molecule has 2 aliphatic rings. The van der Waals surface area contributed by atoms with Gasteiger partial charge in [-0.1, -0.05) is 18.2 Å². The van der Waals surface area contributed by atoms with Crippen LogP contribution in [0.15, 0.2) is 64.6 Å². The van der Waals surface area contributed by atoms with Crippen molar-refractivity contribution in [1.82, 2.24) is 14.5 Å². The molecule has 158 valence electrons. The van der Waals surface area contributed by atoms with Gasteiger partial charge in [-0.15, -0.1) is 0 Å². The molecule has 2 aromatic carbocycles. The summed E-state index contributed by atoms with van der Waals surface area (Å²) in [6.45, 7) is 1.61. The van der Waals surface area contributed by atoms with Gasteiger partial charge in [0.05, 0.1) is 12.0 Å². The second-order valence-electron chi connectivity index (χ2n) is 7.30. The van der Waals surface area contributed by atoms with Crippen LogP contribution < -0.4 is 10.1 Å². The molecule has 0 spiro atoms. The number of carbonyl (C=O) groups is 1. The molecule has 0 radical (unpaired) electrons. The molecule has 2 amide bonds. The summed E-state index contributed by atoms with van der Waals surface area (Å²) >= 11 is 0. The van der Waals surface area contributed by atoms with Crippen molar-refractivity contribution in [1.29, 1.82) is 0 Å². The molecule has 0 unspecified atom stereocenters. The van der Waals surface area contributed by atoms with E-state index in [1.165, 1.54) is 22.5 Å². The van der Waals surface area contributed by atoms with Gasteiger partial charge >= 0.3 is 6.03 Å². The van der Waals surface area contributed by atoms with E-state index in [-0.39, 0.29) is 24.0 Å². The Kier molecular flexibility index (Phi) is 5.48. The van der Waals surface area contributed by atoms with E-state index in [0.717, 1.165) is 28.5 Å². The summed E-state index contributed by atoms with van der Waals surface area (Å²) in [4.78, 5) is 14.1. The summed E-state index contributed by atoms with van der Waals surface area (Å²) in [6, 6.07) is 12.3. The molecule has 0 bridgehead atoms. The molecule has 9 heteroatoms. The highest BCUT2D eigenvalue weighted by atomic mass is 32.2. The lowest BCUT2D eigenvalue weighted by atomic mass is 10.2. The molecular weight excluding hydrogens is 409 g/mol. The number of benzene rings is 2. The van der Waals surface area contributed by atoms with Gasteiger partial charge in [0.25, 0.3) is 0 Å².